The Labute approximate surface area is 165 Å². The van der Waals surface area contributed by atoms with Crippen LogP contribution in [0.15, 0.2) is 42.5 Å². The van der Waals surface area contributed by atoms with Crippen LogP contribution in [0, 0.1) is 17.2 Å². The van der Waals surface area contributed by atoms with Gasteiger partial charge in [-0.1, -0.05) is 13.8 Å². The Balaban J connectivity index is 2.09. The molecule has 2 aromatic carbocycles. The second-order valence-electron chi connectivity index (χ2n) is 7.32. The first-order valence-electron chi connectivity index (χ1n) is 9.54. The lowest BCUT2D eigenvalue weighted by atomic mass is 9.80. The van der Waals surface area contributed by atoms with Crippen LogP contribution in [0.2, 0.25) is 0 Å². The fourth-order valence-corrected chi connectivity index (χ4v) is 4.21. The van der Waals surface area contributed by atoms with Crippen molar-refractivity contribution in [3.8, 4) is 6.07 Å². The number of nitriles is 1. The van der Waals surface area contributed by atoms with Gasteiger partial charge in [-0.15, -0.1) is 0 Å². The molecule has 0 saturated heterocycles. The molecule has 1 amide bonds. The number of anilines is 2. The maximum Gasteiger partial charge on any atom is 0.248 e. The van der Waals surface area contributed by atoms with Crippen molar-refractivity contribution in [2.45, 2.75) is 45.5 Å². The van der Waals surface area contributed by atoms with Crippen molar-refractivity contribution < 1.29 is 9.90 Å². The summed E-state index contributed by atoms with van der Waals surface area (Å²) in [6, 6.07) is 14.9. The van der Waals surface area contributed by atoms with Gasteiger partial charge in [-0.05, 0) is 61.4 Å². The zero-order valence-corrected chi connectivity index (χ0v) is 16.4. The number of aliphatic hydroxyl groups is 1. The molecule has 3 rings (SSSR count). The van der Waals surface area contributed by atoms with Gasteiger partial charge >= 0.3 is 0 Å². The van der Waals surface area contributed by atoms with E-state index in [0.29, 0.717) is 11.1 Å². The molecule has 4 N–H and O–H groups in total. The van der Waals surface area contributed by atoms with E-state index < -0.39 is 12.1 Å². The molecule has 0 fully saturated rings. The molecule has 6 heteroatoms. The molecule has 0 saturated carbocycles. The summed E-state index contributed by atoms with van der Waals surface area (Å²) in [6.45, 7) is 6.01. The molecule has 4 atom stereocenters. The van der Waals surface area contributed by atoms with Gasteiger partial charge in [0.1, 0.15) is 6.23 Å². The summed E-state index contributed by atoms with van der Waals surface area (Å²) in [5.41, 5.74) is 9.27. The summed E-state index contributed by atoms with van der Waals surface area (Å²) in [5.74, 6) is -0.320. The van der Waals surface area contributed by atoms with Crippen molar-refractivity contribution in [3.63, 3.8) is 0 Å². The zero-order valence-electron chi connectivity index (χ0n) is 16.4. The molecular formula is C22H26N4O2. The Morgan fingerprint density at radius 3 is 2.54 bits per heavy atom. The number of hydrogen-bond donors (Lipinski definition) is 3. The standard InChI is InChI=1S/C22H26N4O2/c1-4-19-13(2)21(25-17-8-5-15(12-23)6-9-17)18-11-16(22(24)28)7-10-20(18)26(19)14(3)27/h5-11,13-14,19,21,25,27H,4H2,1-3H3,(H2,24,28)/t13-,14?,19-,21+/m0/s1. The Morgan fingerprint density at radius 1 is 1.32 bits per heavy atom. The Morgan fingerprint density at radius 2 is 2.00 bits per heavy atom. The minimum atomic E-state index is -0.651. The van der Waals surface area contributed by atoms with E-state index in [4.69, 9.17) is 11.0 Å². The quantitative estimate of drug-likeness (QED) is 0.740. The number of nitrogens with two attached hydrogens (primary N) is 1. The van der Waals surface area contributed by atoms with Crippen molar-refractivity contribution in [1.82, 2.24) is 0 Å². The maximum absolute atomic E-state index is 11.7. The average Bonchev–Trinajstić information content (AvgIpc) is 2.69. The van der Waals surface area contributed by atoms with Crippen LogP contribution in [0.3, 0.4) is 0 Å². The van der Waals surface area contributed by atoms with Crippen molar-refractivity contribution in [1.29, 1.82) is 5.26 Å². The van der Waals surface area contributed by atoms with Gasteiger partial charge in [0.25, 0.3) is 0 Å². The third kappa shape index (κ3) is 3.54. The fourth-order valence-electron chi connectivity index (χ4n) is 4.21. The highest BCUT2D eigenvalue weighted by Gasteiger charge is 2.39. The molecule has 0 spiro atoms. The molecule has 0 aliphatic carbocycles. The van der Waals surface area contributed by atoms with Crippen LogP contribution in [0.25, 0.3) is 0 Å². The van der Waals surface area contributed by atoms with Crippen LogP contribution in [0.5, 0.6) is 0 Å². The minimum absolute atomic E-state index is 0.0674. The van der Waals surface area contributed by atoms with E-state index in [2.05, 4.69) is 25.2 Å². The molecule has 0 aromatic heterocycles. The lowest BCUT2D eigenvalue weighted by molar-refractivity contribution is 0.1000. The number of nitrogens with one attached hydrogen (secondary N) is 1. The van der Waals surface area contributed by atoms with E-state index in [-0.39, 0.29) is 18.0 Å². The molecule has 0 bridgehead atoms. The Kier molecular flexibility index (Phi) is 5.57. The van der Waals surface area contributed by atoms with Gasteiger partial charge in [0.15, 0.2) is 0 Å². The lowest BCUT2D eigenvalue weighted by Gasteiger charge is -2.48. The monoisotopic (exact) mass is 378 g/mol. The molecule has 1 aliphatic heterocycles. The van der Waals surface area contributed by atoms with Crippen LogP contribution >= 0.6 is 0 Å². The van der Waals surface area contributed by atoms with E-state index in [1.54, 1.807) is 25.1 Å². The second kappa shape index (κ2) is 7.91. The first-order chi connectivity index (χ1) is 13.4. The predicted octanol–water partition coefficient (Wildman–Crippen LogP) is 3.38. The van der Waals surface area contributed by atoms with Gasteiger partial charge in [0.2, 0.25) is 5.91 Å². The lowest BCUT2D eigenvalue weighted by Crippen LogP contribution is -2.51. The van der Waals surface area contributed by atoms with Gasteiger partial charge in [0.05, 0.1) is 17.7 Å². The second-order valence-corrected chi connectivity index (χ2v) is 7.32. The van der Waals surface area contributed by atoms with E-state index >= 15 is 0 Å². The average molecular weight is 378 g/mol. The number of carbonyl (C=O) groups excluding carboxylic acids is 1. The highest BCUT2D eigenvalue weighted by molar-refractivity contribution is 5.93. The van der Waals surface area contributed by atoms with Crippen LogP contribution in [-0.4, -0.2) is 23.3 Å². The van der Waals surface area contributed by atoms with Crippen LogP contribution in [0.1, 0.15) is 54.7 Å². The number of hydrogen-bond acceptors (Lipinski definition) is 5. The summed E-state index contributed by atoms with van der Waals surface area (Å²) in [6.07, 6.45) is 0.218. The van der Waals surface area contributed by atoms with Crippen molar-refractivity contribution >= 4 is 17.3 Å². The zero-order chi connectivity index (χ0) is 20.4. The van der Waals surface area contributed by atoms with E-state index in [1.165, 1.54) is 0 Å². The van der Waals surface area contributed by atoms with Gasteiger partial charge in [-0.3, -0.25) is 4.79 Å². The molecule has 1 aliphatic rings. The first kappa shape index (κ1) is 19.7. The Bertz CT molecular complexity index is 902. The highest BCUT2D eigenvalue weighted by Crippen LogP contribution is 2.44. The fraction of sp³-hybridized carbons (Fsp3) is 0.364. The first-order valence-corrected chi connectivity index (χ1v) is 9.54. The maximum atomic E-state index is 11.7. The summed E-state index contributed by atoms with van der Waals surface area (Å²) < 4.78 is 0. The number of nitrogens with zero attached hydrogens (tertiary/aromatic N) is 2. The molecule has 1 unspecified atom stereocenters. The number of benzene rings is 2. The third-order valence-electron chi connectivity index (χ3n) is 5.57. The van der Waals surface area contributed by atoms with Gasteiger partial charge in [-0.25, -0.2) is 0 Å². The normalized spacial score (nSPS) is 22.1. The topological polar surface area (TPSA) is 102 Å². The number of rotatable bonds is 5. The van der Waals surface area contributed by atoms with Crippen molar-refractivity contribution in [2.24, 2.45) is 11.7 Å². The largest absolute Gasteiger partial charge is 0.378 e. The third-order valence-corrected chi connectivity index (χ3v) is 5.57. The number of aliphatic hydroxyl groups excluding tert-OH is 1. The van der Waals surface area contributed by atoms with Crippen LogP contribution in [-0.2, 0) is 0 Å². The number of amides is 1. The summed E-state index contributed by atoms with van der Waals surface area (Å²) in [7, 11) is 0. The van der Waals surface area contributed by atoms with Crippen LogP contribution in [0.4, 0.5) is 11.4 Å². The summed E-state index contributed by atoms with van der Waals surface area (Å²) >= 11 is 0. The Hall–Kier alpha value is -3.04. The number of fused-ring (bicyclic) bond motifs is 1. The van der Waals surface area contributed by atoms with Gasteiger partial charge < -0.3 is 21.1 Å². The number of primary amides is 1. The van der Waals surface area contributed by atoms with Crippen LogP contribution < -0.4 is 16.0 Å². The molecule has 0 radical (unpaired) electrons. The van der Waals surface area contributed by atoms with Gasteiger partial charge in [-0.2, -0.15) is 5.26 Å². The minimum Gasteiger partial charge on any atom is -0.378 e. The number of carbonyl (C=O) groups is 1. The van der Waals surface area contributed by atoms with E-state index in [1.807, 2.05) is 29.2 Å². The van der Waals surface area contributed by atoms with Gasteiger partial charge in [0, 0.05) is 28.9 Å². The summed E-state index contributed by atoms with van der Waals surface area (Å²) in [5, 5.41) is 23.0. The molecule has 1 heterocycles. The molecular weight excluding hydrogens is 352 g/mol. The highest BCUT2D eigenvalue weighted by atomic mass is 16.3. The van der Waals surface area contributed by atoms with Crippen molar-refractivity contribution in [3.05, 3.63) is 59.2 Å². The predicted molar refractivity (Wildman–Crippen MR) is 110 cm³/mol. The smallest absolute Gasteiger partial charge is 0.248 e. The van der Waals surface area contributed by atoms with E-state index in [0.717, 1.165) is 23.4 Å². The molecule has 28 heavy (non-hydrogen) atoms. The van der Waals surface area contributed by atoms with E-state index in [9.17, 15) is 9.90 Å². The SMILES string of the molecule is CC[C@H]1[C@H](C)[C@@H](Nc2ccc(C#N)cc2)c2cc(C(N)=O)ccc2N1C(C)O. The summed E-state index contributed by atoms with van der Waals surface area (Å²) in [4.78, 5) is 13.8. The molecule has 2 aromatic rings. The van der Waals surface area contributed by atoms with Crippen molar-refractivity contribution in [2.75, 3.05) is 10.2 Å². The molecule has 146 valence electrons. The molecule has 6 nitrogen and oxygen atoms in total.